The first-order valence-electron chi connectivity index (χ1n) is 2.28. The quantitative estimate of drug-likeness (QED) is 0.347. The Labute approximate surface area is 81.8 Å². The normalized spacial score (nSPS) is 3.83. The van der Waals surface area contributed by atoms with Crippen LogP contribution in [0.15, 0.2) is 30.3 Å². The van der Waals surface area contributed by atoms with Crippen molar-refractivity contribution < 1.29 is 31.0 Å². The van der Waals surface area contributed by atoms with Crippen molar-refractivity contribution in [1.82, 2.24) is 0 Å². The molecule has 0 aliphatic rings. The van der Waals surface area contributed by atoms with E-state index < -0.39 is 0 Å². The maximum atomic E-state index is 7.50. The molecule has 0 bridgehead atoms. The average Bonchev–Trinajstić information content (AvgIpc) is 2.71. The topological polar surface area (TPSA) is 59.7 Å². The van der Waals surface area contributed by atoms with E-state index in [1.54, 1.807) is 0 Å². The van der Waals surface area contributed by atoms with Gasteiger partial charge in [0.2, 0.25) is 0 Å². The maximum Gasteiger partial charge on any atom is 0 e. The summed E-state index contributed by atoms with van der Waals surface area (Å²) >= 11 is 0. The van der Waals surface area contributed by atoms with Crippen LogP contribution in [0.2, 0.25) is 0 Å². The first-order valence-corrected chi connectivity index (χ1v) is 2.28. The van der Waals surface area contributed by atoms with Gasteiger partial charge in [-0.2, -0.15) is 18.2 Å². The van der Waals surface area contributed by atoms with E-state index in [2.05, 4.69) is 20.0 Å². The molecule has 3 nitrogen and oxygen atoms in total. The molecule has 0 spiro atoms. The molecule has 63 valence electrons. The summed E-state index contributed by atoms with van der Waals surface area (Å²) in [6, 6.07) is 10.0. The molecule has 0 aliphatic heterocycles. The largest absolute Gasteiger partial charge is 0.214 e. The van der Waals surface area contributed by atoms with Crippen molar-refractivity contribution in [2.24, 2.45) is 0 Å². The van der Waals surface area contributed by atoms with Crippen LogP contribution < -0.4 is 0 Å². The monoisotopic (exact) mass is 204 g/mol. The predicted octanol–water partition coefficient (Wildman–Crippen LogP) is 1.29. The van der Waals surface area contributed by atoms with Crippen LogP contribution in [0.4, 0.5) is 0 Å². The average molecular weight is 204 g/mol. The molecule has 0 amide bonds. The Morgan fingerprint density at radius 2 is 1.00 bits per heavy atom. The van der Waals surface area contributed by atoms with Crippen molar-refractivity contribution in [2.45, 2.75) is 0 Å². The third kappa shape index (κ3) is 35.6. The molecule has 1 radical (unpaired) electrons. The van der Waals surface area contributed by atoms with Crippen LogP contribution in [0.3, 0.4) is 0 Å². The summed E-state index contributed by atoms with van der Waals surface area (Å²) in [5.41, 5.74) is 0. The molecule has 0 saturated heterocycles. The summed E-state index contributed by atoms with van der Waals surface area (Å²) in [6.07, 6.45) is 0. The Bertz CT molecular complexity index is 142. The zero-order valence-corrected chi connectivity index (χ0v) is 7.17. The second-order valence-corrected chi connectivity index (χ2v) is 0.962. The minimum Gasteiger partial charge on any atom is -0.214 e. The van der Waals surface area contributed by atoms with Gasteiger partial charge >= 0.3 is 33.9 Å². The number of hydrogen-bond acceptors (Lipinski definition) is 0. The van der Waals surface area contributed by atoms with Crippen molar-refractivity contribution in [3.8, 4) is 0 Å². The molecular weight excluding hydrogens is 199 g/mol. The van der Waals surface area contributed by atoms with Crippen molar-refractivity contribution in [3.05, 3.63) is 50.3 Å². The zero-order chi connectivity index (χ0) is 9.54. The van der Waals surface area contributed by atoms with Gasteiger partial charge in [-0.1, -0.05) is 0 Å². The van der Waals surface area contributed by atoms with E-state index in [4.69, 9.17) is 14.0 Å². The van der Waals surface area contributed by atoms with Crippen LogP contribution in [-0.2, 0) is 31.0 Å². The molecule has 1 aromatic carbocycles. The Kier molecular flexibility index (Phi) is 93.3. The predicted molar refractivity (Wildman–Crippen MR) is 33.8 cm³/mol. The van der Waals surface area contributed by atoms with E-state index in [-0.39, 0.29) is 17.1 Å². The first-order chi connectivity index (χ1) is 5.50. The van der Waals surface area contributed by atoms with Gasteiger partial charge in [0.05, 0.1) is 0 Å². The van der Waals surface area contributed by atoms with Crippen LogP contribution in [0.5, 0.6) is 0 Å². The first kappa shape index (κ1) is 22.5. The van der Waals surface area contributed by atoms with Crippen LogP contribution >= 0.6 is 0 Å². The second kappa shape index (κ2) is 49.8. The van der Waals surface area contributed by atoms with Gasteiger partial charge in [-0.05, 0) is 0 Å². The summed E-state index contributed by atoms with van der Waals surface area (Å²) in [4.78, 5) is 0. The smallest absolute Gasteiger partial charge is 0 e. The fourth-order valence-electron chi connectivity index (χ4n) is 0.321. The molecule has 0 N–H and O–H groups in total. The van der Waals surface area contributed by atoms with Crippen LogP contribution in [0.25, 0.3) is 0 Å². The molecule has 4 heteroatoms. The number of rotatable bonds is 0. The molecule has 12 heavy (non-hydrogen) atoms. The molecule has 1 rings (SSSR count). The minimum absolute atomic E-state index is 0. The third-order valence-corrected chi connectivity index (χ3v) is 0.556. The molecule has 1 aromatic rings. The summed E-state index contributed by atoms with van der Waals surface area (Å²) in [6.45, 7) is 13.5. The van der Waals surface area contributed by atoms with Gasteiger partial charge in [0.1, 0.15) is 0 Å². The maximum absolute atomic E-state index is 7.50. The van der Waals surface area contributed by atoms with Gasteiger partial charge in [-0.15, -0.1) is 0 Å². The van der Waals surface area contributed by atoms with Crippen LogP contribution in [-0.4, -0.2) is 0 Å². The van der Waals surface area contributed by atoms with Gasteiger partial charge in [-0.3, -0.25) is 0 Å². The second-order valence-electron chi connectivity index (χ2n) is 0.962. The van der Waals surface area contributed by atoms with E-state index in [9.17, 15) is 0 Å². The van der Waals surface area contributed by atoms with Crippen molar-refractivity contribution in [2.75, 3.05) is 0 Å². The standard InChI is InChI=1S/C5H5.3CO.Mn/c1-2-4-5-3-1;3*1-2;/h1-5H;;;;/q-1;;;;. The molecule has 0 fully saturated rings. The Balaban J connectivity index is -0.0000000406. The van der Waals surface area contributed by atoms with Crippen molar-refractivity contribution >= 4 is 0 Å². The molecule has 0 unspecified atom stereocenters. The Hall–Kier alpha value is -0.911. The van der Waals surface area contributed by atoms with Gasteiger partial charge in [-0.25, -0.2) is 12.1 Å². The van der Waals surface area contributed by atoms with E-state index in [0.29, 0.717) is 0 Å². The summed E-state index contributed by atoms with van der Waals surface area (Å²) in [7, 11) is 0. The Morgan fingerprint density at radius 1 is 0.750 bits per heavy atom. The molecule has 0 saturated carbocycles. The van der Waals surface area contributed by atoms with E-state index in [1.165, 1.54) is 0 Å². The molecule has 0 atom stereocenters. The van der Waals surface area contributed by atoms with E-state index in [0.717, 1.165) is 0 Å². The van der Waals surface area contributed by atoms with Gasteiger partial charge in [0.15, 0.2) is 0 Å². The molecule has 0 heterocycles. The van der Waals surface area contributed by atoms with Gasteiger partial charge < -0.3 is 0 Å². The van der Waals surface area contributed by atoms with Gasteiger partial charge in [0.25, 0.3) is 0 Å². The molecular formula is C8H5MnO3-. The SMILES string of the molecule is [C-]#[O+].[C-]#[O+].[C-]#[O+].[Mn].c1cc[cH-]c1. The summed E-state index contributed by atoms with van der Waals surface area (Å²) in [5.74, 6) is 0. The minimum atomic E-state index is 0. The summed E-state index contributed by atoms with van der Waals surface area (Å²) in [5, 5.41) is 0. The van der Waals surface area contributed by atoms with Crippen molar-refractivity contribution in [1.29, 1.82) is 0 Å². The van der Waals surface area contributed by atoms with Gasteiger partial charge in [0, 0.05) is 17.1 Å². The molecule has 0 aromatic heterocycles. The van der Waals surface area contributed by atoms with Crippen LogP contribution in [0, 0.1) is 20.0 Å². The van der Waals surface area contributed by atoms with Crippen molar-refractivity contribution in [3.63, 3.8) is 0 Å². The fraction of sp³-hybridized carbons (Fsp3) is 0. The van der Waals surface area contributed by atoms with E-state index >= 15 is 0 Å². The molecule has 0 aliphatic carbocycles. The zero-order valence-electron chi connectivity index (χ0n) is 5.99. The fourth-order valence-corrected chi connectivity index (χ4v) is 0.321. The third-order valence-electron chi connectivity index (χ3n) is 0.556. The number of hydrogen-bond donors (Lipinski definition) is 0. The summed E-state index contributed by atoms with van der Waals surface area (Å²) < 4.78 is 22.5. The van der Waals surface area contributed by atoms with Crippen LogP contribution in [0.1, 0.15) is 0 Å². The Morgan fingerprint density at radius 3 is 1.08 bits per heavy atom. The van der Waals surface area contributed by atoms with E-state index in [1.807, 2.05) is 30.3 Å².